The average Bonchev–Trinajstić information content (AvgIpc) is 3.48. The minimum atomic E-state index is -0.0390. The molecular weight excluding hydrogens is 669 g/mol. The van der Waals surface area contributed by atoms with Crippen LogP contribution in [0.15, 0.2) is 71.5 Å². The van der Waals surface area contributed by atoms with Crippen molar-refractivity contribution in [1.82, 2.24) is 20.1 Å². The molecule has 0 amide bonds. The quantitative estimate of drug-likeness (QED) is 0.0989. The summed E-state index contributed by atoms with van der Waals surface area (Å²) >= 11 is 1.39. The van der Waals surface area contributed by atoms with Crippen LogP contribution in [0.4, 0.5) is 5.69 Å². The van der Waals surface area contributed by atoms with Crippen molar-refractivity contribution in [3.63, 3.8) is 0 Å². The van der Waals surface area contributed by atoms with Gasteiger partial charge < -0.3 is 30.4 Å². The van der Waals surface area contributed by atoms with Crippen LogP contribution in [-0.4, -0.2) is 68.9 Å². The van der Waals surface area contributed by atoms with E-state index in [0.29, 0.717) is 29.5 Å². The maximum absolute atomic E-state index is 12.7. The monoisotopic (exact) mass is 728 g/mol. The van der Waals surface area contributed by atoms with Crippen LogP contribution in [0.1, 0.15) is 65.0 Å². The molecule has 3 aromatic carbocycles. The molecule has 0 bridgehead atoms. The lowest BCUT2D eigenvalue weighted by Crippen LogP contribution is -2.32. The predicted octanol–water partition coefficient (Wildman–Crippen LogP) is 5.74. The first-order valence-corrected chi connectivity index (χ1v) is 19.0. The first kappa shape index (κ1) is 45.6. The van der Waals surface area contributed by atoms with Gasteiger partial charge in [-0.05, 0) is 100 Å². The Labute approximate surface area is 315 Å². The van der Waals surface area contributed by atoms with Crippen molar-refractivity contribution in [3.05, 3.63) is 97.4 Å². The second-order valence-electron chi connectivity index (χ2n) is 11.9. The van der Waals surface area contributed by atoms with Crippen LogP contribution >= 0.6 is 11.3 Å². The van der Waals surface area contributed by atoms with Gasteiger partial charge in [0.2, 0.25) is 0 Å². The lowest BCUT2D eigenvalue weighted by atomic mass is 10.0. The molecule has 0 spiro atoms. The number of rotatable bonds is 16. The lowest BCUT2D eigenvalue weighted by Gasteiger charge is -2.16. The van der Waals surface area contributed by atoms with Gasteiger partial charge in [-0.15, -0.1) is 11.3 Å². The molecule has 4 rings (SSSR count). The zero-order chi connectivity index (χ0) is 38.7. The number of anilines is 1. The van der Waals surface area contributed by atoms with E-state index in [1.54, 1.807) is 4.57 Å². The normalized spacial score (nSPS) is 11.9. The fourth-order valence-corrected chi connectivity index (χ4v) is 6.77. The van der Waals surface area contributed by atoms with Crippen LogP contribution < -0.4 is 30.7 Å². The number of aromatic nitrogens is 1. The van der Waals surface area contributed by atoms with E-state index in [-0.39, 0.29) is 11.6 Å². The topological polar surface area (TPSA) is 119 Å². The molecule has 0 saturated heterocycles. The summed E-state index contributed by atoms with van der Waals surface area (Å²) in [5, 5.41) is 21.7. The zero-order valence-corrected chi connectivity index (χ0v) is 33.2. The van der Waals surface area contributed by atoms with E-state index in [1.807, 2.05) is 59.9 Å². The van der Waals surface area contributed by atoms with Crippen LogP contribution in [0.2, 0.25) is 0 Å². The minimum absolute atomic E-state index is 0.0300. The van der Waals surface area contributed by atoms with E-state index < -0.39 is 0 Å². The van der Waals surface area contributed by atoms with Gasteiger partial charge in [0.1, 0.15) is 17.7 Å². The number of carbonyl (C=O) groups is 2. The van der Waals surface area contributed by atoms with Crippen LogP contribution in [-0.2, 0) is 29.1 Å². The SMILES string of the molecule is C=O.CCC(C#N)=c1sc(=CC(C)Nc2ccc(CCCC=O)cc2)c(=O)n1CC.CCN(CC)CCNC.CNCc1cccc2ccccc12. The molecule has 1 atom stereocenters. The van der Waals surface area contributed by atoms with Crippen LogP contribution in [0, 0.1) is 11.3 Å². The summed E-state index contributed by atoms with van der Waals surface area (Å²) in [6, 6.07) is 25.2. The third kappa shape index (κ3) is 15.5. The highest BCUT2D eigenvalue weighted by Crippen LogP contribution is 2.18. The Bertz CT molecular complexity index is 1800. The van der Waals surface area contributed by atoms with E-state index in [9.17, 15) is 14.9 Å². The number of nitrogens with zero attached hydrogens (tertiary/aromatic N) is 3. The van der Waals surface area contributed by atoms with Gasteiger partial charge in [0.15, 0.2) is 0 Å². The van der Waals surface area contributed by atoms with Crippen molar-refractivity contribution in [3.8, 4) is 6.07 Å². The predicted molar refractivity (Wildman–Crippen MR) is 221 cm³/mol. The summed E-state index contributed by atoms with van der Waals surface area (Å²) in [6.45, 7) is 18.3. The van der Waals surface area contributed by atoms with E-state index in [4.69, 9.17) is 4.79 Å². The molecule has 0 saturated carbocycles. The Hall–Kier alpha value is -4.40. The third-order valence-electron chi connectivity index (χ3n) is 8.33. The van der Waals surface area contributed by atoms with Crippen molar-refractivity contribution in [2.45, 2.75) is 79.4 Å². The summed E-state index contributed by atoms with van der Waals surface area (Å²) in [7, 11) is 3.96. The average molecular weight is 729 g/mol. The van der Waals surface area contributed by atoms with Gasteiger partial charge in [-0.1, -0.05) is 75.4 Å². The molecule has 0 radical (unpaired) electrons. The van der Waals surface area contributed by atoms with Gasteiger partial charge in [0, 0.05) is 44.3 Å². The van der Waals surface area contributed by atoms with Crippen molar-refractivity contribution in [2.24, 2.45) is 0 Å². The molecule has 0 aliphatic heterocycles. The second-order valence-corrected chi connectivity index (χ2v) is 12.9. The molecule has 1 unspecified atom stereocenters. The number of benzene rings is 3. The number of nitrogens with one attached hydrogen (secondary N) is 3. The summed E-state index contributed by atoms with van der Waals surface area (Å²) in [6.07, 6.45) is 5.84. The maximum atomic E-state index is 12.7. The minimum Gasteiger partial charge on any atom is -0.379 e. The van der Waals surface area contributed by atoms with Gasteiger partial charge in [-0.3, -0.25) is 9.36 Å². The van der Waals surface area contributed by atoms with Gasteiger partial charge >= 0.3 is 0 Å². The Morgan fingerprint density at radius 1 is 0.981 bits per heavy atom. The number of aldehydes is 1. The molecular formula is C42H60N6O3S. The Morgan fingerprint density at radius 3 is 2.23 bits per heavy atom. The molecule has 10 heteroatoms. The first-order chi connectivity index (χ1) is 25.3. The molecule has 0 aliphatic carbocycles. The number of likely N-dealkylation sites (N-methyl/N-ethyl adjacent to an activating group) is 2. The van der Waals surface area contributed by atoms with E-state index in [0.717, 1.165) is 55.7 Å². The number of fused-ring (bicyclic) bond motifs is 1. The standard InChI is InChI=1S/C22H27N3O2S.C12H13N.C7H18N2.CH2O/c1-4-18(15-23)22-25(5-2)21(27)20(28-22)14-16(3)24-19-11-9-17(10-12-19)8-6-7-13-26;1-13-9-11-7-4-6-10-5-2-3-8-12(10)11;1-4-9(5-2)7-6-8-3;1-2/h9-14,16,24H,4-8H2,1-3H3;2-8,13H,9H2,1H3;8H,4-7H2,1-3H3;1H2. The molecule has 0 fully saturated rings. The van der Waals surface area contributed by atoms with E-state index in [1.165, 1.54) is 39.8 Å². The Balaban J connectivity index is 0.000000461. The molecule has 0 aliphatic rings. The third-order valence-corrected chi connectivity index (χ3v) is 9.52. The lowest BCUT2D eigenvalue weighted by molar-refractivity contribution is -0.108. The summed E-state index contributed by atoms with van der Waals surface area (Å²) in [4.78, 5) is 33.5. The molecule has 9 nitrogen and oxygen atoms in total. The van der Waals surface area contributed by atoms with Crippen molar-refractivity contribution < 1.29 is 9.59 Å². The van der Waals surface area contributed by atoms with Crippen molar-refractivity contribution >= 4 is 52.5 Å². The summed E-state index contributed by atoms with van der Waals surface area (Å²) in [5.41, 5.74) is 4.16. The second kappa shape index (κ2) is 27.3. The van der Waals surface area contributed by atoms with Crippen LogP contribution in [0.3, 0.4) is 0 Å². The highest BCUT2D eigenvalue weighted by molar-refractivity contribution is 7.07. The highest BCUT2D eigenvalue weighted by atomic mass is 32.1. The fourth-order valence-electron chi connectivity index (χ4n) is 5.46. The molecule has 1 heterocycles. The Morgan fingerprint density at radius 2 is 1.65 bits per heavy atom. The molecule has 282 valence electrons. The van der Waals surface area contributed by atoms with Gasteiger partial charge in [-0.2, -0.15) is 5.26 Å². The number of unbranched alkanes of at least 4 members (excludes halogenated alkanes) is 1. The molecule has 4 aromatic rings. The maximum Gasteiger partial charge on any atom is 0.268 e. The number of thiazole rings is 1. The van der Waals surface area contributed by atoms with Crippen molar-refractivity contribution in [1.29, 1.82) is 5.26 Å². The van der Waals surface area contributed by atoms with Gasteiger partial charge in [-0.25, -0.2) is 0 Å². The zero-order valence-electron chi connectivity index (χ0n) is 32.3. The number of hydrogen-bond acceptors (Lipinski definition) is 9. The summed E-state index contributed by atoms with van der Waals surface area (Å²) < 4.78 is 3.10. The molecule has 52 heavy (non-hydrogen) atoms. The van der Waals surface area contributed by atoms with Gasteiger partial charge in [0.05, 0.1) is 16.2 Å². The van der Waals surface area contributed by atoms with Crippen LogP contribution in [0.25, 0.3) is 22.4 Å². The highest BCUT2D eigenvalue weighted by Gasteiger charge is 2.08. The first-order valence-electron chi connectivity index (χ1n) is 18.2. The molecule has 1 aromatic heterocycles. The largest absolute Gasteiger partial charge is 0.379 e. The number of nitriles is 1. The number of carbonyl (C=O) groups excluding carboxylic acids is 2. The number of hydrogen-bond donors (Lipinski definition) is 3. The summed E-state index contributed by atoms with van der Waals surface area (Å²) in [5.74, 6) is 0. The van der Waals surface area contributed by atoms with Crippen LogP contribution in [0.5, 0.6) is 0 Å². The number of aryl methyl sites for hydroxylation is 1. The molecule has 3 N–H and O–H groups in total. The van der Waals surface area contributed by atoms with E-state index >= 15 is 0 Å². The van der Waals surface area contributed by atoms with Crippen molar-refractivity contribution in [2.75, 3.05) is 45.6 Å². The van der Waals surface area contributed by atoms with Gasteiger partial charge in [0.25, 0.3) is 5.56 Å². The van der Waals surface area contributed by atoms with E-state index in [2.05, 4.69) is 95.4 Å². The fraction of sp³-hybridized carbons (Fsp3) is 0.429. The smallest absolute Gasteiger partial charge is 0.268 e. The Kier molecular flexibility index (Phi) is 23.9.